The Morgan fingerprint density at radius 2 is 1.79 bits per heavy atom. The number of piperazine rings is 1. The van der Waals surface area contributed by atoms with Crippen molar-refractivity contribution in [2.45, 2.75) is 6.18 Å². The van der Waals surface area contributed by atoms with E-state index in [0.29, 0.717) is 32.0 Å². The lowest BCUT2D eigenvalue weighted by molar-refractivity contribution is -0.137. The van der Waals surface area contributed by atoms with Gasteiger partial charge in [0.2, 0.25) is 6.41 Å². The Morgan fingerprint density at radius 3 is 2.21 bits per heavy atom. The number of halogens is 4. The zero-order valence-electron chi connectivity index (χ0n) is 9.93. The third kappa shape index (κ3) is 3.73. The van der Waals surface area contributed by atoms with E-state index in [2.05, 4.69) is 4.98 Å². The number of aromatic nitrogens is 1. The molecule has 2 rings (SSSR count). The van der Waals surface area contributed by atoms with Crippen LogP contribution in [0.25, 0.3) is 0 Å². The highest BCUT2D eigenvalue weighted by molar-refractivity contribution is 5.85. The fourth-order valence-electron chi connectivity index (χ4n) is 1.80. The molecule has 1 aliphatic rings. The van der Waals surface area contributed by atoms with E-state index in [4.69, 9.17) is 0 Å². The van der Waals surface area contributed by atoms with E-state index in [1.807, 2.05) is 4.90 Å². The van der Waals surface area contributed by atoms with Crippen LogP contribution in [0, 0.1) is 0 Å². The molecule has 19 heavy (non-hydrogen) atoms. The van der Waals surface area contributed by atoms with Gasteiger partial charge in [0.15, 0.2) is 0 Å². The van der Waals surface area contributed by atoms with Gasteiger partial charge in [0.25, 0.3) is 0 Å². The van der Waals surface area contributed by atoms with Crippen LogP contribution in [0.1, 0.15) is 5.56 Å². The highest BCUT2D eigenvalue weighted by Gasteiger charge is 2.31. The van der Waals surface area contributed by atoms with E-state index in [1.165, 1.54) is 6.07 Å². The first kappa shape index (κ1) is 15.6. The van der Waals surface area contributed by atoms with Gasteiger partial charge >= 0.3 is 6.18 Å². The first-order valence-corrected chi connectivity index (χ1v) is 5.48. The van der Waals surface area contributed by atoms with Gasteiger partial charge in [-0.3, -0.25) is 4.79 Å². The Bertz CT molecular complexity index is 416. The molecule has 0 spiro atoms. The largest absolute Gasteiger partial charge is 0.417 e. The van der Waals surface area contributed by atoms with Crippen LogP contribution in [0.4, 0.5) is 19.0 Å². The van der Waals surface area contributed by atoms with Gasteiger partial charge < -0.3 is 9.80 Å². The normalized spacial score (nSPS) is 15.9. The minimum atomic E-state index is -4.36. The molecule has 0 aromatic carbocycles. The van der Waals surface area contributed by atoms with Gasteiger partial charge in [-0.05, 0) is 12.1 Å². The number of hydrogen-bond acceptors (Lipinski definition) is 3. The summed E-state index contributed by atoms with van der Waals surface area (Å²) in [5.41, 5.74) is -0.752. The van der Waals surface area contributed by atoms with E-state index >= 15 is 0 Å². The lowest BCUT2D eigenvalue weighted by Gasteiger charge is -2.33. The molecule has 4 nitrogen and oxygen atoms in total. The summed E-state index contributed by atoms with van der Waals surface area (Å²) in [6.45, 7) is 2.28. The number of alkyl halides is 3. The Hall–Kier alpha value is -1.50. The average Bonchev–Trinajstić information content (AvgIpc) is 2.38. The predicted octanol–water partition coefficient (Wildman–Crippen LogP) is 1.80. The first-order valence-electron chi connectivity index (χ1n) is 5.48. The van der Waals surface area contributed by atoms with Crippen LogP contribution < -0.4 is 4.90 Å². The molecule has 1 aromatic heterocycles. The molecule has 2 heterocycles. The van der Waals surface area contributed by atoms with Gasteiger partial charge in [-0.15, -0.1) is 12.4 Å². The van der Waals surface area contributed by atoms with Crippen molar-refractivity contribution in [2.24, 2.45) is 0 Å². The monoisotopic (exact) mass is 295 g/mol. The molecule has 1 aliphatic heterocycles. The van der Waals surface area contributed by atoms with Crippen LogP contribution in [0.15, 0.2) is 18.3 Å². The summed E-state index contributed by atoms with van der Waals surface area (Å²) in [5, 5.41) is 0. The molecule has 0 aliphatic carbocycles. The molecular formula is C11H13ClF3N3O. The number of carbonyl (C=O) groups is 1. The average molecular weight is 296 g/mol. The number of nitrogens with zero attached hydrogens (tertiary/aromatic N) is 3. The van der Waals surface area contributed by atoms with Crippen LogP contribution in [-0.4, -0.2) is 42.5 Å². The SMILES string of the molecule is Cl.O=CN1CCN(c2ccc(C(F)(F)F)cn2)CC1. The summed E-state index contributed by atoms with van der Waals surface area (Å²) < 4.78 is 37.1. The lowest BCUT2D eigenvalue weighted by Crippen LogP contribution is -2.46. The quantitative estimate of drug-likeness (QED) is 0.781. The van der Waals surface area contributed by atoms with E-state index in [9.17, 15) is 18.0 Å². The van der Waals surface area contributed by atoms with Crippen molar-refractivity contribution in [1.82, 2.24) is 9.88 Å². The molecule has 0 N–H and O–H groups in total. The Labute approximate surface area is 114 Å². The number of hydrogen-bond donors (Lipinski definition) is 0. The Balaban J connectivity index is 0.00000180. The van der Waals surface area contributed by atoms with E-state index in [0.717, 1.165) is 18.7 Å². The highest BCUT2D eigenvalue weighted by Crippen LogP contribution is 2.29. The van der Waals surface area contributed by atoms with E-state index in [1.54, 1.807) is 4.90 Å². The molecule has 1 aromatic rings. The molecule has 0 atom stereocenters. The van der Waals surface area contributed by atoms with Crippen LogP contribution in [0.3, 0.4) is 0 Å². The zero-order chi connectivity index (χ0) is 13.2. The third-order valence-electron chi connectivity index (χ3n) is 2.86. The molecule has 1 amide bonds. The second-order valence-corrected chi connectivity index (χ2v) is 4.03. The number of carbonyl (C=O) groups excluding carboxylic acids is 1. The maximum Gasteiger partial charge on any atom is 0.417 e. The van der Waals surface area contributed by atoms with Gasteiger partial charge in [0.1, 0.15) is 5.82 Å². The summed E-state index contributed by atoms with van der Waals surface area (Å²) in [4.78, 5) is 17.8. The molecule has 106 valence electrons. The van der Waals surface area contributed by atoms with Crippen molar-refractivity contribution in [3.8, 4) is 0 Å². The van der Waals surface area contributed by atoms with Crippen molar-refractivity contribution < 1.29 is 18.0 Å². The van der Waals surface area contributed by atoms with Crippen molar-refractivity contribution in [2.75, 3.05) is 31.1 Å². The van der Waals surface area contributed by atoms with Crippen LogP contribution >= 0.6 is 12.4 Å². The summed E-state index contributed by atoms with van der Waals surface area (Å²) in [6, 6.07) is 2.38. The van der Waals surface area contributed by atoms with Gasteiger partial charge in [-0.25, -0.2) is 4.98 Å². The Kier molecular flexibility index (Phi) is 4.99. The van der Waals surface area contributed by atoms with E-state index < -0.39 is 11.7 Å². The fourth-order valence-corrected chi connectivity index (χ4v) is 1.80. The number of rotatable bonds is 2. The summed E-state index contributed by atoms with van der Waals surface area (Å²) in [5.74, 6) is 0.508. The maximum absolute atomic E-state index is 12.4. The fraction of sp³-hybridized carbons (Fsp3) is 0.455. The van der Waals surface area contributed by atoms with Gasteiger partial charge in [-0.1, -0.05) is 0 Å². The number of anilines is 1. The van der Waals surface area contributed by atoms with Crippen LogP contribution in [0.5, 0.6) is 0 Å². The van der Waals surface area contributed by atoms with Crippen molar-refractivity contribution in [3.05, 3.63) is 23.9 Å². The molecule has 1 saturated heterocycles. The van der Waals surface area contributed by atoms with E-state index in [-0.39, 0.29) is 12.4 Å². The third-order valence-corrected chi connectivity index (χ3v) is 2.86. The van der Waals surface area contributed by atoms with Crippen molar-refractivity contribution >= 4 is 24.6 Å². The van der Waals surface area contributed by atoms with Crippen molar-refractivity contribution in [1.29, 1.82) is 0 Å². The maximum atomic E-state index is 12.4. The minimum absolute atomic E-state index is 0. The molecule has 0 bridgehead atoms. The zero-order valence-corrected chi connectivity index (χ0v) is 10.7. The molecule has 0 radical (unpaired) electrons. The van der Waals surface area contributed by atoms with Crippen LogP contribution in [-0.2, 0) is 11.0 Å². The topological polar surface area (TPSA) is 36.4 Å². The summed E-state index contributed by atoms with van der Waals surface area (Å²) >= 11 is 0. The number of pyridine rings is 1. The Morgan fingerprint density at radius 1 is 1.16 bits per heavy atom. The first-order chi connectivity index (χ1) is 8.50. The number of amides is 1. The van der Waals surface area contributed by atoms with Gasteiger partial charge in [-0.2, -0.15) is 13.2 Å². The minimum Gasteiger partial charge on any atom is -0.353 e. The van der Waals surface area contributed by atoms with Crippen LogP contribution in [0.2, 0.25) is 0 Å². The van der Waals surface area contributed by atoms with Gasteiger partial charge in [0, 0.05) is 32.4 Å². The van der Waals surface area contributed by atoms with Crippen molar-refractivity contribution in [3.63, 3.8) is 0 Å². The molecule has 8 heteroatoms. The second-order valence-electron chi connectivity index (χ2n) is 4.03. The molecule has 0 unspecified atom stereocenters. The summed E-state index contributed by atoms with van der Waals surface area (Å²) in [7, 11) is 0. The molecule has 1 fully saturated rings. The smallest absolute Gasteiger partial charge is 0.353 e. The molecule has 0 saturated carbocycles. The predicted molar refractivity (Wildman–Crippen MR) is 66.3 cm³/mol. The standard InChI is InChI=1S/C11H12F3N3O.ClH/c12-11(13,14)9-1-2-10(15-7-9)17-5-3-16(8-18)4-6-17;/h1-2,7-8H,3-6H2;1H. The van der Waals surface area contributed by atoms with Gasteiger partial charge in [0.05, 0.1) is 5.56 Å². The highest BCUT2D eigenvalue weighted by atomic mass is 35.5. The lowest BCUT2D eigenvalue weighted by atomic mass is 10.2. The summed E-state index contributed by atoms with van der Waals surface area (Å²) in [6.07, 6.45) is -2.75. The molecular weight excluding hydrogens is 283 g/mol. The second kappa shape index (κ2) is 6.10.